The third-order valence-corrected chi connectivity index (χ3v) is 3.85. The molecule has 2 heteroatoms. The van der Waals surface area contributed by atoms with Crippen LogP contribution in [-0.4, -0.2) is 0 Å². The zero-order valence-corrected chi connectivity index (χ0v) is 10.8. The molecule has 0 aliphatic carbocycles. The second kappa shape index (κ2) is 3.80. The van der Waals surface area contributed by atoms with Crippen molar-refractivity contribution in [2.75, 3.05) is 0 Å². The number of hydrogen-bond donors (Lipinski definition) is 0. The highest BCUT2D eigenvalue weighted by molar-refractivity contribution is 5.92. The quantitative estimate of drug-likeness (QED) is 0.622. The molecule has 0 nitrogen and oxygen atoms in total. The van der Waals surface area contributed by atoms with Crippen molar-refractivity contribution >= 4 is 10.8 Å². The van der Waals surface area contributed by atoms with Crippen molar-refractivity contribution in [3.8, 4) is 0 Å². The molecule has 0 aliphatic heterocycles. The van der Waals surface area contributed by atoms with Crippen LogP contribution in [0.15, 0.2) is 6.07 Å². The lowest BCUT2D eigenvalue weighted by molar-refractivity contribution is 0.601. The average molecular weight is 234 g/mol. The summed E-state index contributed by atoms with van der Waals surface area (Å²) < 4.78 is 28.1. The Bertz CT molecular complexity index is 625. The summed E-state index contributed by atoms with van der Waals surface area (Å²) >= 11 is 0. The fourth-order valence-electron chi connectivity index (χ4n) is 2.38. The zero-order valence-electron chi connectivity index (χ0n) is 10.8. The third kappa shape index (κ3) is 1.54. The van der Waals surface area contributed by atoms with Gasteiger partial charge in [-0.1, -0.05) is 0 Å². The molecule has 2 aromatic rings. The van der Waals surface area contributed by atoms with E-state index in [1.807, 2.05) is 27.7 Å². The Morgan fingerprint density at radius 3 is 1.88 bits per heavy atom. The normalized spacial score (nSPS) is 11.2. The molecule has 0 aliphatic rings. The van der Waals surface area contributed by atoms with Crippen molar-refractivity contribution < 1.29 is 8.78 Å². The Kier molecular flexibility index (Phi) is 2.69. The van der Waals surface area contributed by atoms with Crippen LogP contribution in [0.5, 0.6) is 0 Å². The number of hydrogen-bond acceptors (Lipinski definition) is 0. The van der Waals surface area contributed by atoms with E-state index in [2.05, 4.69) is 0 Å². The van der Waals surface area contributed by atoms with Gasteiger partial charge in [0.25, 0.3) is 0 Å². The Labute approximate surface area is 100 Å². The zero-order chi connectivity index (χ0) is 12.9. The van der Waals surface area contributed by atoms with Gasteiger partial charge in [0.1, 0.15) is 11.6 Å². The lowest BCUT2D eigenvalue weighted by Crippen LogP contribution is -2.00. The van der Waals surface area contributed by atoms with E-state index in [-0.39, 0.29) is 5.39 Å². The molecule has 0 heterocycles. The van der Waals surface area contributed by atoms with Gasteiger partial charge in [0.15, 0.2) is 0 Å². The molecule has 0 unspecified atom stereocenters. The Morgan fingerprint density at radius 1 is 0.706 bits per heavy atom. The van der Waals surface area contributed by atoms with Crippen molar-refractivity contribution in [1.29, 1.82) is 0 Å². The van der Waals surface area contributed by atoms with E-state index in [9.17, 15) is 8.78 Å². The lowest BCUT2D eigenvalue weighted by atomic mass is 9.91. The van der Waals surface area contributed by atoms with Crippen molar-refractivity contribution in [2.45, 2.75) is 34.6 Å². The van der Waals surface area contributed by atoms with Crippen LogP contribution in [0.3, 0.4) is 0 Å². The summed E-state index contributed by atoms with van der Waals surface area (Å²) in [5.74, 6) is -0.893. The number of fused-ring (bicyclic) bond motifs is 1. The maximum Gasteiger partial charge on any atom is 0.137 e. The van der Waals surface area contributed by atoms with Gasteiger partial charge in [-0.15, -0.1) is 0 Å². The van der Waals surface area contributed by atoms with Gasteiger partial charge in [0.2, 0.25) is 0 Å². The number of halogens is 2. The number of aryl methyl sites for hydroxylation is 3. The largest absolute Gasteiger partial charge is 0.206 e. The monoisotopic (exact) mass is 234 g/mol. The van der Waals surface area contributed by atoms with E-state index in [0.29, 0.717) is 5.56 Å². The van der Waals surface area contributed by atoms with Gasteiger partial charge in [-0.2, -0.15) is 0 Å². The summed E-state index contributed by atoms with van der Waals surface area (Å²) in [6, 6.07) is 1.41. The molecule has 0 amide bonds. The van der Waals surface area contributed by atoms with Crippen LogP contribution in [0.1, 0.15) is 27.8 Å². The summed E-state index contributed by atoms with van der Waals surface area (Å²) in [6.45, 7) is 9.28. The maximum atomic E-state index is 14.2. The second-order valence-electron chi connectivity index (χ2n) is 4.74. The topological polar surface area (TPSA) is 0 Å². The van der Waals surface area contributed by atoms with Crippen molar-refractivity contribution in [3.63, 3.8) is 0 Å². The fraction of sp³-hybridized carbons (Fsp3) is 0.333. The van der Waals surface area contributed by atoms with Crippen LogP contribution in [-0.2, 0) is 0 Å². The highest BCUT2D eigenvalue weighted by Gasteiger charge is 2.17. The Balaban J connectivity index is 3.17. The van der Waals surface area contributed by atoms with Crippen LogP contribution in [0.4, 0.5) is 8.78 Å². The molecule has 2 aromatic carbocycles. The molecule has 17 heavy (non-hydrogen) atoms. The first-order valence-electron chi connectivity index (χ1n) is 5.71. The van der Waals surface area contributed by atoms with Crippen LogP contribution in [0.25, 0.3) is 10.8 Å². The Morgan fingerprint density at radius 2 is 1.29 bits per heavy atom. The first-order chi connectivity index (χ1) is 7.86. The molecular formula is C15H16F2. The smallest absolute Gasteiger partial charge is 0.137 e. The van der Waals surface area contributed by atoms with E-state index >= 15 is 0 Å². The van der Waals surface area contributed by atoms with Crippen molar-refractivity contribution in [3.05, 3.63) is 45.5 Å². The summed E-state index contributed by atoms with van der Waals surface area (Å²) in [7, 11) is 0. The van der Waals surface area contributed by atoms with E-state index < -0.39 is 11.6 Å². The van der Waals surface area contributed by atoms with Gasteiger partial charge in [0, 0.05) is 0 Å². The summed E-state index contributed by atoms with van der Waals surface area (Å²) in [4.78, 5) is 0. The van der Waals surface area contributed by atoms with Crippen molar-refractivity contribution in [1.82, 2.24) is 0 Å². The highest BCUT2D eigenvalue weighted by atomic mass is 19.1. The SMILES string of the molecule is Cc1cc(F)c2c(F)c(C)c(C)c(C)c2c1C. The minimum absolute atomic E-state index is 0.133. The molecule has 90 valence electrons. The van der Waals surface area contributed by atoms with Crippen LogP contribution in [0, 0.1) is 46.3 Å². The second-order valence-corrected chi connectivity index (χ2v) is 4.74. The van der Waals surface area contributed by atoms with Gasteiger partial charge < -0.3 is 0 Å². The predicted octanol–water partition coefficient (Wildman–Crippen LogP) is 4.66. The lowest BCUT2D eigenvalue weighted by Gasteiger charge is -2.15. The predicted molar refractivity (Wildman–Crippen MR) is 67.5 cm³/mol. The summed E-state index contributed by atoms with van der Waals surface area (Å²) in [5, 5.41) is 0.858. The maximum absolute atomic E-state index is 14.2. The van der Waals surface area contributed by atoms with Gasteiger partial charge in [0.05, 0.1) is 5.39 Å². The molecule has 0 aromatic heterocycles. The third-order valence-electron chi connectivity index (χ3n) is 3.85. The molecule has 0 N–H and O–H groups in total. The average Bonchev–Trinajstić information content (AvgIpc) is 2.28. The standard InChI is InChI=1S/C15H16F2/c1-7-6-12(16)14-13(8(7)2)10(4)9(3)11(5)15(14)17/h6H,1-5H3. The van der Waals surface area contributed by atoms with Gasteiger partial charge >= 0.3 is 0 Å². The minimum Gasteiger partial charge on any atom is -0.206 e. The Hall–Kier alpha value is -1.44. The van der Waals surface area contributed by atoms with Gasteiger partial charge in [-0.05, 0) is 73.9 Å². The summed E-state index contributed by atoms with van der Waals surface area (Å²) in [5.41, 5.74) is 4.24. The fourth-order valence-corrected chi connectivity index (χ4v) is 2.38. The van der Waals surface area contributed by atoms with E-state index in [1.165, 1.54) is 6.07 Å². The molecule has 2 rings (SSSR count). The van der Waals surface area contributed by atoms with E-state index in [0.717, 1.165) is 27.6 Å². The molecule has 0 saturated heterocycles. The van der Waals surface area contributed by atoms with Crippen molar-refractivity contribution in [2.24, 2.45) is 0 Å². The van der Waals surface area contributed by atoms with E-state index in [4.69, 9.17) is 0 Å². The first kappa shape index (κ1) is 12.0. The molecular weight excluding hydrogens is 218 g/mol. The van der Waals surface area contributed by atoms with Crippen LogP contribution < -0.4 is 0 Å². The van der Waals surface area contributed by atoms with Crippen LogP contribution in [0.2, 0.25) is 0 Å². The van der Waals surface area contributed by atoms with E-state index in [1.54, 1.807) is 6.92 Å². The minimum atomic E-state index is -0.466. The highest BCUT2D eigenvalue weighted by Crippen LogP contribution is 2.33. The van der Waals surface area contributed by atoms with Gasteiger partial charge in [-0.25, -0.2) is 8.78 Å². The van der Waals surface area contributed by atoms with Gasteiger partial charge in [-0.3, -0.25) is 0 Å². The molecule has 0 atom stereocenters. The van der Waals surface area contributed by atoms with Crippen LogP contribution >= 0.6 is 0 Å². The number of benzene rings is 2. The first-order valence-corrected chi connectivity index (χ1v) is 5.71. The molecule has 0 spiro atoms. The molecule has 0 saturated carbocycles. The molecule has 0 bridgehead atoms. The number of rotatable bonds is 0. The molecule has 0 radical (unpaired) electrons. The summed E-state index contributed by atoms with van der Waals surface area (Å²) in [6.07, 6.45) is 0. The molecule has 0 fully saturated rings.